The molecule has 4 heteroatoms. The Balaban J connectivity index is 1.95. The highest BCUT2D eigenvalue weighted by molar-refractivity contribution is 5.87. The van der Waals surface area contributed by atoms with Crippen molar-refractivity contribution in [1.29, 1.82) is 0 Å². The van der Waals surface area contributed by atoms with Crippen molar-refractivity contribution < 1.29 is 9.53 Å². The molecule has 0 radical (unpaired) electrons. The number of carbonyl (C=O) groups excluding carboxylic acids is 1. The van der Waals surface area contributed by atoms with E-state index in [2.05, 4.69) is 36.7 Å². The second-order valence-electron chi connectivity index (χ2n) is 7.16. The van der Waals surface area contributed by atoms with Crippen LogP contribution in [0.25, 0.3) is 10.9 Å². The molecule has 0 atom stereocenters. The summed E-state index contributed by atoms with van der Waals surface area (Å²) in [6.07, 6.45) is 0.654. The van der Waals surface area contributed by atoms with Crippen LogP contribution in [0.1, 0.15) is 37.6 Å². The quantitative estimate of drug-likeness (QED) is 0.742. The fourth-order valence-corrected chi connectivity index (χ4v) is 3.18. The lowest BCUT2D eigenvalue weighted by molar-refractivity contribution is 0.0223. The minimum Gasteiger partial charge on any atom is -0.444 e. The van der Waals surface area contributed by atoms with Crippen LogP contribution in [-0.2, 0) is 24.8 Å². The first-order chi connectivity index (χ1) is 10.3. The highest BCUT2D eigenvalue weighted by Crippen LogP contribution is 2.31. The number of hydrogen-bond donors (Lipinski definition) is 0. The standard InChI is InChI=1S/C18H24N2O2/c1-12-6-7-15-13(10-12)14-11-20(9-8-16(14)19(15)5)17(21)22-18(2,3)4/h6-7,10H,8-9,11H2,1-5H3. The van der Waals surface area contributed by atoms with Gasteiger partial charge in [0.15, 0.2) is 0 Å². The van der Waals surface area contributed by atoms with E-state index in [0.717, 1.165) is 6.42 Å². The number of aryl methyl sites for hydroxylation is 2. The fourth-order valence-electron chi connectivity index (χ4n) is 3.18. The molecule has 4 nitrogen and oxygen atoms in total. The minimum atomic E-state index is -0.452. The lowest BCUT2D eigenvalue weighted by Crippen LogP contribution is -2.40. The molecule has 0 aliphatic carbocycles. The predicted molar refractivity (Wildman–Crippen MR) is 88.0 cm³/mol. The maximum absolute atomic E-state index is 12.3. The summed E-state index contributed by atoms with van der Waals surface area (Å²) in [5.74, 6) is 0. The average molecular weight is 300 g/mol. The topological polar surface area (TPSA) is 34.5 Å². The SMILES string of the molecule is Cc1ccc2c(c1)c1c(n2C)CCN(C(=O)OC(C)(C)C)C1. The van der Waals surface area contributed by atoms with Gasteiger partial charge in [-0.2, -0.15) is 0 Å². The Morgan fingerprint density at radius 2 is 2.00 bits per heavy atom. The van der Waals surface area contributed by atoms with Crippen LogP contribution in [0.2, 0.25) is 0 Å². The van der Waals surface area contributed by atoms with Crippen molar-refractivity contribution in [2.45, 2.75) is 46.3 Å². The van der Waals surface area contributed by atoms with Gasteiger partial charge < -0.3 is 14.2 Å². The third kappa shape index (κ3) is 2.58. The highest BCUT2D eigenvalue weighted by atomic mass is 16.6. The summed E-state index contributed by atoms with van der Waals surface area (Å²) in [5.41, 5.74) is 4.63. The normalized spacial score (nSPS) is 15.0. The van der Waals surface area contributed by atoms with Crippen LogP contribution in [0.4, 0.5) is 4.79 Å². The largest absolute Gasteiger partial charge is 0.444 e. The second-order valence-corrected chi connectivity index (χ2v) is 7.16. The van der Waals surface area contributed by atoms with E-state index in [4.69, 9.17) is 4.74 Å². The molecule has 1 aromatic heterocycles. The van der Waals surface area contributed by atoms with E-state index in [1.165, 1.54) is 27.7 Å². The van der Waals surface area contributed by atoms with Gasteiger partial charge in [0.25, 0.3) is 0 Å². The zero-order valence-corrected chi connectivity index (χ0v) is 14.1. The van der Waals surface area contributed by atoms with Gasteiger partial charge >= 0.3 is 6.09 Å². The van der Waals surface area contributed by atoms with Crippen LogP contribution in [0.15, 0.2) is 18.2 Å². The zero-order chi connectivity index (χ0) is 16.1. The molecule has 2 aromatic rings. The minimum absolute atomic E-state index is 0.220. The van der Waals surface area contributed by atoms with E-state index in [0.29, 0.717) is 13.1 Å². The van der Waals surface area contributed by atoms with Crippen molar-refractivity contribution in [1.82, 2.24) is 9.47 Å². The molecular weight excluding hydrogens is 276 g/mol. The van der Waals surface area contributed by atoms with Crippen LogP contribution >= 0.6 is 0 Å². The average Bonchev–Trinajstić information content (AvgIpc) is 2.70. The summed E-state index contributed by atoms with van der Waals surface area (Å²) in [7, 11) is 2.11. The number of rotatable bonds is 0. The molecular formula is C18H24N2O2. The molecule has 1 aliphatic heterocycles. The Bertz CT molecular complexity index is 738. The Morgan fingerprint density at radius 1 is 1.27 bits per heavy atom. The number of aromatic nitrogens is 1. The van der Waals surface area contributed by atoms with Crippen molar-refractivity contribution in [2.75, 3.05) is 6.54 Å². The van der Waals surface area contributed by atoms with E-state index in [-0.39, 0.29) is 6.09 Å². The van der Waals surface area contributed by atoms with Crippen LogP contribution in [-0.4, -0.2) is 27.7 Å². The summed E-state index contributed by atoms with van der Waals surface area (Å²) >= 11 is 0. The van der Waals surface area contributed by atoms with Gasteiger partial charge in [-0.25, -0.2) is 4.79 Å². The van der Waals surface area contributed by atoms with E-state index in [1.54, 1.807) is 0 Å². The smallest absolute Gasteiger partial charge is 0.410 e. The molecule has 0 fully saturated rings. The molecule has 1 aromatic carbocycles. The molecule has 1 aliphatic rings. The molecule has 0 saturated carbocycles. The van der Waals surface area contributed by atoms with E-state index in [1.807, 2.05) is 25.7 Å². The van der Waals surface area contributed by atoms with Gasteiger partial charge in [0, 0.05) is 42.2 Å². The van der Waals surface area contributed by atoms with Gasteiger partial charge in [0.05, 0.1) is 6.54 Å². The number of carbonyl (C=O) groups is 1. The molecule has 1 amide bonds. The highest BCUT2D eigenvalue weighted by Gasteiger charge is 2.28. The molecule has 118 valence electrons. The maximum Gasteiger partial charge on any atom is 0.410 e. The van der Waals surface area contributed by atoms with E-state index >= 15 is 0 Å². The maximum atomic E-state index is 12.3. The van der Waals surface area contributed by atoms with Gasteiger partial charge in [-0.3, -0.25) is 0 Å². The zero-order valence-electron chi connectivity index (χ0n) is 14.1. The first-order valence-corrected chi connectivity index (χ1v) is 7.81. The molecule has 0 spiro atoms. The van der Waals surface area contributed by atoms with Gasteiger partial charge in [-0.05, 0) is 39.8 Å². The van der Waals surface area contributed by atoms with E-state index < -0.39 is 5.60 Å². The third-order valence-corrected chi connectivity index (χ3v) is 4.21. The van der Waals surface area contributed by atoms with Gasteiger partial charge in [0.1, 0.15) is 5.60 Å². The number of amides is 1. The summed E-state index contributed by atoms with van der Waals surface area (Å²) in [4.78, 5) is 14.1. The van der Waals surface area contributed by atoms with Gasteiger partial charge in [0.2, 0.25) is 0 Å². The van der Waals surface area contributed by atoms with Crippen molar-refractivity contribution in [3.8, 4) is 0 Å². The monoisotopic (exact) mass is 300 g/mol. The van der Waals surface area contributed by atoms with Gasteiger partial charge in [-0.15, -0.1) is 0 Å². The molecule has 0 saturated heterocycles. The summed E-state index contributed by atoms with van der Waals surface area (Å²) < 4.78 is 7.78. The van der Waals surface area contributed by atoms with Crippen molar-refractivity contribution in [3.63, 3.8) is 0 Å². The van der Waals surface area contributed by atoms with Crippen molar-refractivity contribution in [2.24, 2.45) is 7.05 Å². The predicted octanol–water partition coefficient (Wildman–Crippen LogP) is 3.78. The molecule has 0 bridgehead atoms. The molecule has 0 N–H and O–H groups in total. The third-order valence-electron chi connectivity index (χ3n) is 4.21. The molecule has 3 rings (SSSR count). The van der Waals surface area contributed by atoms with Crippen molar-refractivity contribution >= 4 is 17.0 Å². The van der Waals surface area contributed by atoms with Crippen molar-refractivity contribution in [3.05, 3.63) is 35.0 Å². The Kier molecular flexibility index (Phi) is 3.42. The Labute approximate surface area is 131 Å². The lowest BCUT2D eigenvalue weighted by Gasteiger charge is -2.30. The van der Waals surface area contributed by atoms with Crippen LogP contribution in [0, 0.1) is 6.92 Å². The number of hydrogen-bond acceptors (Lipinski definition) is 2. The fraction of sp³-hybridized carbons (Fsp3) is 0.500. The summed E-state index contributed by atoms with van der Waals surface area (Å²) in [6, 6.07) is 6.52. The molecule has 0 unspecified atom stereocenters. The Morgan fingerprint density at radius 3 is 2.68 bits per heavy atom. The Hall–Kier alpha value is -1.97. The number of benzene rings is 1. The van der Waals surface area contributed by atoms with Gasteiger partial charge in [-0.1, -0.05) is 11.6 Å². The van der Waals surface area contributed by atoms with Crippen LogP contribution < -0.4 is 0 Å². The number of nitrogens with zero attached hydrogens (tertiary/aromatic N) is 2. The number of fused-ring (bicyclic) bond motifs is 3. The molecule has 2 heterocycles. The first-order valence-electron chi connectivity index (χ1n) is 7.81. The second kappa shape index (κ2) is 5.04. The lowest BCUT2D eigenvalue weighted by atomic mass is 10.0. The first kappa shape index (κ1) is 14.9. The molecule has 22 heavy (non-hydrogen) atoms. The van der Waals surface area contributed by atoms with E-state index in [9.17, 15) is 4.79 Å². The summed E-state index contributed by atoms with van der Waals surface area (Å²) in [5, 5.41) is 1.26. The van der Waals surface area contributed by atoms with Crippen LogP contribution in [0.3, 0.4) is 0 Å². The van der Waals surface area contributed by atoms with Crippen LogP contribution in [0.5, 0.6) is 0 Å². The summed E-state index contributed by atoms with van der Waals surface area (Å²) in [6.45, 7) is 9.16. The number of ether oxygens (including phenoxy) is 1.